The summed E-state index contributed by atoms with van der Waals surface area (Å²) in [4.78, 5) is 24.6. The van der Waals surface area contributed by atoms with Crippen LogP contribution in [0, 0.1) is 5.92 Å². The number of hydrogen-bond donors (Lipinski definition) is 0. The number of rotatable bonds is 2. The fourth-order valence-corrected chi connectivity index (χ4v) is 2.75. The van der Waals surface area contributed by atoms with Crippen molar-refractivity contribution in [1.82, 2.24) is 9.78 Å². The number of halogens is 1. The van der Waals surface area contributed by atoms with Crippen LogP contribution in [0.1, 0.15) is 26.4 Å². The lowest BCUT2D eigenvalue weighted by Gasteiger charge is -2.03. The number of benzene rings is 1. The van der Waals surface area contributed by atoms with E-state index < -0.39 is 5.92 Å². The third-order valence-corrected chi connectivity index (χ3v) is 3.85. The summed E-state index contributed by atoms with van der Waals surface area (Å²) >= 11 is 3.34. The van der Waals surface area contributed by atoms with Gasteiger partial charge in [0.15, 0.2) is 11.6 Å². The fraction of sp³-hybridized carbons (Fsp3) is 0.214. The van der Waals surface area contributed by atoms with Crippen LogP contribution in [0.4, 0.5) is 0 Å². The third-order valence-electron chi connectivity index (χ3n) is 3.36. The van der Waals surface area contributed by atoms with Gasteiger partial charge in [0.05, 0.1) is 5.92 Å². The Bertz CT molecular complexity index is 683. The maximum Gasteiger partial charge on any atom is 0.194 e. The topological polar surface area (TPSA) is 52.0 Å². The van der Waals surface area contributed by atoms with Crippen LogP contribution >= 0.6 is 15.9 Å². The molecule has 0 bridgehead atoms. The molecule has 0 N–H and O–H groups in total. The lowest BCUT2D eigenvalue weighted by molar-refractivity contribution is 0.0818. The molecule has 0 fully saturated rings. The van der Waals surface area contributed by atoms with Crippen molar-refractivity contribution >= 4 is 27.5 Å². The normalized spacial score (nSPS) is 17.6. The van der Waals surface area contributed by atoms with Crippen molar-refractivity contribution in [1.29, 1.82) is 0 Å². The first-order valence-electron chi connectivity index (χ1n) is 5.93. The molecule has 3 rings (SSSR count). The molecule has 19 heavy (non-hydrogen) atoms. The first kappa shape index (κ1) is 12.3. The Labute approximate surface area is 118 Å². The summed E-state index contributed by atoms with van der Waals surface area (Å²) in [6, 6.07) is 7.21. The van der Waals surface area contributed by atoms with E-state index in [4.69, 9.17) is 0 Å². The van der Waals surface area contributed by atoms with Gasteiger partial charge in [-0.25, -0.2) is 0 Å². The van der Waals surface area contributed by atoms with Gasteiger partial charge in [-0.3, -0.25) is 14.3 Å². The third kappa shape index (κ3) is 2.04. The van der Waals surface area contributed by atoms with Crippen molar-refractivity contribution in [3.05, 3.63) is 51.8 Å². The Hall–Kier alpha value is -1.75. The van der Waals surface area contributed by atoms with E-state index >= 15 is 0 Å². The summed E-state index contributed by atoms with van der Waals surface area (Å²) in [5, 5.41) is 4.08. The zero-order valence-electron chi connectivity index (χ0n) is 10.3. The van der Waals surface area contributed by atoms with Crippen LogP contribution in [0.3, 0.4) is 0 Å². The predicted molar refractivity (Wildman–Crippen MR) is 73.2 cm³/mol. The van der Waals surface area contributed by atoms with Gasteiger partial charge in [0.2, 0.25) is 0 Å². The standard InChI is InChI=1S/C14H11BrN2O2/c1-17-5-4-12(16-17)14(19)11-6-8-2-3-9(15)7-10(8)13(11)18/h2-5,7,11H,6H2,1H3. The summed E-state index contributed by atoms with van der Waals surface area (Å²) in [6.45, 7) is 0. The molecule has 5 heteroatoms. The second kappa shape index (κ2) is 4.42. The van der Waals surface area contributed by atoms with Crippen molar-refractivity contribution < 1.29 is 9.59 Å². The zero-order valence-corrected chi connectivity index (χ0v) is 11.8. The molecule has 0 radical (unpaired) electrons. The second-order valence-corrected chi connectivity index (χ2v) is 5.58. The largest absolute Gasteiger partial charge is 0.293 e. The molecule has 0 saturated heterocycles. The van der Waals surface area contributed by atoms with Crippen LogP contribution in [0.2, 0.25) is 0 Å². The minimum atomic E-state index is -0.626. The Morgan fingerprint density at radius 1 is 1.42 bits per heavy atom. The van der Waals surface area contributed by atoms with E-state index in [-0.39, 0.29) is 11.6 Å². The number of Topliss-reactive ketones (excluding diaryl/α,β-unsaturated/α-hetero) is 2. The molecular formula is C14H11BrN2O2. The fourth-order valence-electron chi connectivity index (χ4n) is 2.39. The Morgan fingerprint density at radius 2 is 2.21 bits per heavy atom. The number of aryl methyl sites for hydroxylation is 1. The minimum Gasteiger partial charge on any atom is -0.293 e. The summed E-state index contributed by atoms with van der Waals surface area (Å²) in [7, 11) is 1.75. The first-order chi connectivity index (χ1) is 9.06. The lowest BCUT2D eigenvalue weighted by atomic mass is 9.97. The van der Waals surface area contributed by atoms with Gasteiger partial charge in [-0.2, -0.15) is 5.10 Å². The Balaban J connectivity index is 1.94. The molecule has 4 nitrogen and oxygen atoms in total. The number of nitrogens with zero attached hydrogens (tertiary/aromatic N) is 2. The van der Waals surface area contributed by atoms with Crippen LogP contribution in [-0.4, -0.2) is 21.3 Å². The molecule has 1 heterocycles. The van der Waals surface area contributed by atoms with Gasteiger partial charge in [-0.05, 0) is 30.2 Å². The van der Waals surface area contributed by atoms with Crippen molar-refractivity contribution in [2.45, 2.75) is 6.42 Å². The van der Waals surface area contributed by atoms with E-state index in [1.54, 1.807) is 30.1 Å². The molecule has 1 unspecified atom stereocenters. The SMILES string of the molecule is Cn1ccc(C(=O)C2Cc3ccc(Br)cc3C2=O)n1. The molecule has 1 atom stereocenters. The summed E-state index contributed by atoms with van der Waals surface area (Å²) < 4.78 is 2.42. The van der Waals surface area contributed by atoms with E-state index in [0.29, 0.717) is 17.7 Å². The van der Waals surface area contributed by atoms with Crippen molar-refractivity contribution in [3.63, 3.8) is 0 Å². The summed E-state index contributed by atoms with van der Waals surface area (Å²) in [5.41, 5.74) is 1.93. The molecule has 1 aliphatic rings. The summed E-state index contributed by atoms with van der Waals surface area (Å²) in [6.07, 6.45) is 2.17. The second-order valence-electron chi connectivity index (χ2n) is 4.66. The van der Waals surface area contributed by atoms with Crippen molar-refractivity contribution in [3.8, 4) is 0 Å². The van der Waals surface area contributed by atoms with Crippen molar-refractivity contribution in [2.75, 3.05) is 0 Å². The Morgan fingerprint density at radius 3 is 2.89 bits per heavy atom. The van der Waals surface area contributed by atoms with E-state index in [0.717, 1.165) is 10.0 Å². The summed E-state index contributed by atoms with van der Waals surface area (Å²) in [5.74, 6) is -0.927. The lowest BCUT2D eigenvalue weighted by Crippen LogP contribution is -2.21. The van der Waals surface area contributed by atoms with E-state index in [9.17, 15) is 9.59 Å². The van der Waals surface area contributed by atoms with Gasteiger partial charge in [-0.15, -0.1) is 0 Å². The molecule has 0 spiro atoms. The van der Waals surface area contributed by atoms with Gasteiger partial charge in [0.1, 0.15) is 5.69 Å². The van der Waals surface area contributed by atoms with Crippen LogP contribution in [-0.2, 0) is 13.5 Å². The molecule has 96 valence electrons. The van der Waals surface area contributed by atoms with Gasteiger partial charge >= 0.3 is 0 Å². The average molecular weight is 319 g/mol. The zero-order chi connectivity index (χ0) is 13.6. The minimum absolute atomic E-state index is 0.105. The predicted octanol–water partition coefficient (Wildman–Crippen LogP) is 2.42. The van der Waals surface area contributed by atoms with Crippen LogP contribution in [0.15, 0.2) is 34.9 Å². The number of carbonyl (C=O) groups is 2. The number of carbonyl (C=O) groups excluding carboxylic acids is 2. The number of fused-ring (bicyclic) bond motifs is 1. The molecule has 1 aliphatic carbocycles. The van der Waals surface area contributed by atoms with E-state index in [2.05, 4.69) is 21.0 Å². The molecule has 2 aromatic rings. The highest BCUT2D eigenvalue weighted by molar-refractivity contribution is 9.10. The van der Waals surface area contributed by atoms with Gasteiger partial charge in [0.25, 0.3) is 0 Å². The first-order valence-corrected chi connectivity index (χ1v) is 6.72. The molecule has 0 aliphatic heterocycles. The quantitative estimate of drug-likeness (QED) is 0.631. The van der Waals surface area contributed by atoms with Crippen LogP contribution < -0.4 is 0 Å². The highest BCUT2D eigenvalue weighted by Crippen LogP contribution is 2.30. The monoisotopic (exact) mass is 318 g/mol. The average Bonchev–Trinajstić information content (AvgIpc) is 2.94. The van der Waals surface area contributed by atoms with Crippen LogP contribution in [0.25, 0.3) is 0 Å². The Kier molecular flexibility index (Phi) is 2.86. The molecular weight excluding hydrogens is 308 g/mol. The maximum absolute atomic E-state index is 12.3. The molecule has 0 saturated carbocycles. The molecule has 1 aromatic carbocycles. The van der Waals surface area contributed by atoms with E-state index in [1.165, 1.54) is 0 Å². The van der Waals surface area contributed by atoms with Gasteiger partial charge in [0, 0.05) is 23.3 Å². The van der Waals surface area contributed by atoms with Gasteiger partial charge < -0.3 is 0 Å². The number of ketones is 2. The highest BCUT2D eigenvalue weighted by atomic mass is 79.9. The van der Waals surface area contributed by atoms with Gasteiger partial charge in [-0.1, -0.05) is 22.0 Å². The number of hydrogen-bond acceptors (Lipinski definition) is 3. The van der Waals surface area contributed by atoms with E-state index in [1.807, 2.05) is 12.1 Å². The smallest absolute Gasteiger partial charge is 0.194 e. The number of aromatic nitrogens is 2. The maximum atomic E-state index is 12.3. The highest BCUT2D eigenvalue weighted by Gasteiger charge is 2.36. The van der Waals surface area contributed by atoms with Crippen molar-refractivity contribution in [2.24, 2.45) is 13.0 Å². The molecule has 0 amide bonds. The van der Waals surface area contributed by atoms with Crippen LogP contribution in [0.5, 0.6) is 0 Å². The molecule has 1 aromatic heterocycles.